The van der Waals surface area contributed by atoms with Crippen LogP contribution in [0.2, 0.25) is 0 Å². The second kappa shape index (κ2) is 5.31. The molecule has 2 aliphatic rings. The Morgan fingerprint density at radius 2 is 1.95 bits per heavy atom. The van der Waals surface area contributed by atoms with E-state index in [-0.39, 0.29) is 12.1 Å². The first-order chi connectivity index (χ1) is 8.85. The second-order valence-corrected chi connectivity index (χ2v) is 7.24. The van der Waals surface area contributed by atoms with Gasteiger partial charge in [0.05, 0.1) is 0 Å². The number of piperidine rings is 1. The molecule has 2 fully saturated rings. The predicted octanol–water partition coefficient (Wildman–Crippen LogP) is 2.91. The van der Waals surface area contributed by atoms with Crippen molar-refractivity contribution in [2.45, 2.75) is 70.9 Å². The van der Waals surface area contributed by atoms with E-state index in [1.807, 2.05) is 25.7 Å². The van der Waals surface area contributed by atoms with Crippen LogP contribution in [0.5, 0.6) is 0 Å². The number of amides is 1. The number of hydrogen-bond acceptors (Lipinski definition) is 3. The Kier molecular flexibility index (Phi) is 4.09. The molecule has 1 amide bonds. The normalized spacial score (nSPS) is 26.7. The molecule has 1 spiro atoms. The van der Waals surface area contributed by atoms with E-state index in [1.54, 1.807) is 0 Å². The lowest BCUT2D eigenvalue weighted by Crippen LogP contribution is -2.54. The van der Waals surface area contributed by atoms with Gasteiger partial charge in [-0.05, 0) is 51.9 Å². The smallest absolute Gasteiger partial charge is 0.410 e. The van der Waals surface area contributed by atoms with Crippen molar-refractivity contribution in [2.24, 2.45) is 11.1 Å². The summed E-state index contributed by atoms with van der Waals surface area (Å²) in [4.78, 5) is 14.3. The van der Waals surface area contributed by atoms with Gasteiger partial charge in [0, 0.05) is 19.1 Å². The third-order valence-electron chi connectivity index (χ3n) is 4.52. The van der Waals surface area contributed by atoms with Crippen LogP contribution >= 0.6 is 0 Å². The van der Waals surface area contributed by atoms with E-state index in [0.29, 0.717) is 12.0 Å². The van der Waals surface area contributed by atoms with E-state index in [2.05, 4.69) is 0 Å². The van der Waals surface area contributed by atoms with Crippen molar-refractivity contribution < 1.29 is 9.53 Å². The van der Waals surface area contributed by atoms with Gasteiger partial charge in [-0.3, -0.25) is 0 Å². The summed E-state index contributed by atoms with van der Waals surface area (Å²) in [7, 11) is 0. The van der Waals surface area contributed by atoms with Crippen molar-refractivity contribution >= 4 is 6.09 Å². The molecule has 4 nitrogen and oxygen atoms in total. The Bertz CT molecular complexity index is 330. The molecule has 1 atom stereocenters. The fourth-order valence-electron chi connectivity index (χ4n) is 3.51. The molecule has 4 heteroatoms. The topological polar surface area (TPSA) is 55.6 Å². The highest BCUT2D eigenvalue weighted by Gasteiger charge is 2.43. The van der Waals surface area contributed by atoms with Crippen molar-refractivity contribution in [2.75, 3.05) is 13.1 Å². The van der Waals surface area contributed by atoms with Crippen LogP contribution in [0.3, 0.4) is 0 Å². The first kappa shape index (κ1) is 14.6. The summed E-state index contributed by atoms with van der Waals surface area (Å²) in [6, 6.07) is 0.154. The number of carbonyl (C=O) groups is 1. The van der Waals surface area contributed by atoms with Crippen molar-refractivity contribution in [3.05, 3.63) is 0 Å². The van der Waals surface area contributed by atoms with Crippen molar-refractivity contribution in [1.82, 2.24) is 4.90 Å². The molecule has 1 unspecified atom stereocenters. The van der Waals surface area contributed by atoms with Crippen molar-refractivity contribution in [1.29, 1.82) is 0 Å². The monoisotopic (exact) mass is 268 g/mol. The maximum atomic E-state index is 12.4. The lowest BCUT2D eigenvalue weighted by atomic mass is 9.76. The molecule has 1 saturated heterocycles. The Labute approximate surface area is 116 Å². The highest BCUT2D eigenvalue weighted by Crippen LogP contribution is 2.46. The van der Waals surface area contributed by atoms with Crippen LogP contribution in [0.4, 0.5) is 4.79 Å². The van der Waals surface area contributed by atoms with E-state index < -0.39 is 5.60 Å². The highest BCUT2D eigenvalue weighted by molar-refractivity contribution is 5.69. The summed E-state index contributed by atoms with van der Waals surface area (Å²) < 4.78 is 5.54. The lowest BCUT2D eigenvalue weighted by molar-refractivity contribution is -0.0110. The van der Waals surface area contributed by atoms with Crippen LogP contribution in [-0.2, 0) is 4.74 Å². The summed E-state index contributed by atoms with van der Waals surface area (Å²) in [5.74, 6) is 0. The predicted molar refractivity (Wildman–Crippen MR) is 75.9 cm³/mol. The molecule has 0 aromatic rings. The van der Waals surface area contributed by atoms with Gasteiger partial charge in [-0.2, -0.15) is 0 Å². The van der Waals surface area contributed by atoms with Gasteiger partial charge in [0.2, 0.25) is 0 Å². The minimum Gasteiger partial charge on any atom is -0.444 e. The summed E-state index contributed by atoms with van der Waals surface area (Å²) in [6.07, 6.45) is 7.16. The number of rotatable bonds is 1. The molecule has 1 aliphatic heterocycles. The fourth-order valence-corrected chi connectivity index (χ4v) is 3.51. The summed E-state index contributed by atoms with van der Waals surface area (Å²) in [5.41, 5.74) is 5.75. The zero-order valence-electron chi connectivity index (χ0n) is 12.6. The number of hydrogen-bond donors (Lipinski definition) is 1. The van der Waals surface area contributed by atoms with Gasteiger partial charge in [0.25, 0.3) is 0 Å². The standard InChI is InChI=1S/C15H28N2O2/c1-14(2,3)19-13(18)17-11-15(7-4-5-8-15)9-6-12(17)10-16/h12H,4-11,16H2,1-3H3. The van der Waals surface area contributed by atoms with E-state index in [0.717, 1.165) is 13.0 Å². The van der Waals surface area contributed by atoms with E-state index in [9.17, 15) is 4.79 Å². The molecule has 0 radical (unpaired) electrons. The Morgan fingerprint density at radius 1 is 1.32 bits per heavy atom. The molecular weight excluding hydrogens is 240 g/mol. The quantitative estimate of drug-likeness (QED) is 0.795. The molecule has 1 saturated carbocycles. The van der Waals surface area contributed by atoms with Crippen molar-refractivity contribution in [3.8, 4) is 0 Å². The zero-order valence-corrected chi connectivity index (χ0v) is 12.6. The fraction of sp³-hybridized carbons (Fsp3) is 0.933. The molecule has 2 rings (SSSR count). The second-order valence-electron chi connectivity index (χ2n) is 7.24. The third-order valence-corrected chi connectivity index (χ3v) is 4.52. The zero-order chi connectivity index (χ0) is 14.1. The van der Waals surface area contributed by atoms with Gasteiger partial charge in [-0.1, -0.05) is 12.8 Å². The Morgan fingerprint density at radius 3 is 2.47 bits per heavy atom. The number of carbonyl (C=O) groups excluding carboxylic acids is 1. The molecule has 1 heterocycles. The highest BCUT2D eigenvalue weighted by atomic mass is 16.6. The molecule has 0 aromatic heterocycles. The SMILES string of the molecule is CC(C)(C)OC(=O)N1CC2(CCCC2)CCC1CN. The molecule has 1 aliphatic carbocycles. The van der Waals surface area contributed by atoms with Crippen LogP contribution in [0.25, 0.3) is 0 Å². The van der Waals surface area contributed by atoms with Crippen molar-refractivity contribution in [3.63, 3.8) is 0 Å². The first-order valence-corrected chi connectivity index (χ1v) is 7.55. The minimum absolute atomic E-state index is 0.154. The molecule has 2 N–H and O–H groups in total. The molecule has 0 aromatic carbocycles. The Hall–Kier alpha value is -0.770. The van der Waals surface area contributed by atoms with Crippen LogP contribution in [0.15, 0.2) is 0 Å². The lowest BCUT2D eigenvalue weighted by Gasteiger charge is -2.45. The maximum absolute atomic E-state index is 12.4. The van der Waals surface area contributed by atoms with E-state index >= 15 is 0 Å². The maximum Gasteiger partial charge on any atom is 0.410 e. The Balaban J connectivity index is 2.07. The van der Waals surface area contributed by atoms with Crippen LogP contribution in [0, 0.1) is 5.41 Å². The molecule has 110 valence electrons. The number of likely N-dealkylation sites (tertiary alicyclic amines) is 1. The van der Waals surface area contributed by atoms with E-state index in [4.69, 9.17) is 10.5 Å². The first-order valence-electron chi connectivity index (χ1n) is 7.55. The van der Waals surface area contributed by atoms with Crippen LogP contribution in [0.1, 0.15) is 59.3 Å². The van der Waals surface area contributed by atoms with Crippen LogP contribution < -0.4 is 5.73 Å². The summed E-state index contributed by atoms with van der Waals surface area (Å²) in [6.45, 7) is 7.12. The third kappa shape index (κ3) is 3.41. The van der Waals surface area contributed by atoms with Gasteiger partial charge in [-0.15, -0.1) is 0 Å². The van der Waals surface area contributed by atoms with Gasteiger partial charge in [-0.25, -0.2) is 4.79 Å². The minimum atomic E-state index is -0.434. The number of nitrogens with two attached hydrogens (primary N) is 1. The number of nitrogens with zero attached hydrogens (tertiary/aromatic N) is 1. The average molecular weight is 268 g/mol. The van der Waals surface area contributed by atoms with Gasteiger partial charge >= 0.3 is 6.09 Å². The summed E-state index contributed by atoms with van der Waals surface area (Å²) >= 11 is 0. The largest absolute Gasteiger partial charge is 0.444 e. The van der Waals surface area contributed by atoms with Gasteiger partial charge in [0.1, 0.15) is 5.60 Å². The number of ether oxygens (including phenoxy) is 1. The van der Waals surface area contributed by atoms with Crippen LogP contribution in [-0.4, -0.2) is 35.7 Å². The van der Waals surface area contributed by atoms with E-state index in [1.165, 1.54) is 32.1 Å². The molecular formula is C15H28N2O2. The van der Waals surface area contributed by atoms with Gasteiger partial charge < -0.3 is 15.4 Å². The molecule has 19 heavy (non-hydrogen) atoms. The molecule has 0 bridgehead atoms. The van der Waals surface area contributed by atoms with Gasteiger partial charge in [0.15, 0.2) is 0 Å². The average Bonchev–Trinajstić information content (AvgIpc) is 2.75. The summed E-state index contributed by atoms with van der Waals surface area (Å²) in [5, 5.41) is 0.